The first-order valence-corrected chi connectivity index (χ1v) is 14.4. The number of aromatic nitrogens is 7. The number of aromatic amines is 1. The fourth-order valence-corrected chi connectivity index (χ4v) is 5.93. The molecule has 13 nitrogen and oxygen atoms in total. The summed E-state index contributed by atoms with van der Waals surface area (Å²) in [4.78, 5) is 33.5. The lowest BCUT2D eigenvalue weighted by Gasteiger charge is -2.53. The predicted molar refractivity (Wildman–Crippen MR) is 152 cm³/mol. The van der Waals surface area contributed by atoms with Gasteiger partial charge in [0.05, 0.1) is 18.5 Å². The van der Waals surface area contributed by atoms with Gasteiger partial charge in [0.25, 0.3) is 5.91 Å². The van der Waals surface area contributed by atoms with E-state index in [1.165, 1.54) is 13.4 Å². The highest BCUT2D eigenvalue weighted by Gasteiger charge is 2.47. The van der Waals surface area contributed by atoms with Gasteiger partial charge in [-0.15, -0.1) is 0 Å². The summed E-state index contributed by atoms with van der Waals surface area (Å²) in [6.45, 7) is 2.22. The lowest BCUT2D eigenvalue weighted by molar-refractivity contribution is -0.145. The number of amides is 1. The van der Waals surface area contributed by atoms with Crippen LogP contribution in [0, 0.1) is 0 Å². The van der Waals surface area contributed by atoms with E-state index in [1.807, 2.05) is 23.1 Å². The number of alkyl halides is 3. The summed E-state index contributed by atoms with van der Waals surface area (Å²) < 4.78 is 53.1. The van der Waals surface area contributed by atoms with Gasteiger partial charge in [-0.05, 0) is 31.7 Å². The highest BCUT2D eigenvalue weighted by atomic mass is 19.4. The molecular weight excluding hydrogens is 581 g/mol. The number of carbonyl (C=O) groups is 1. The molecule has 1 amide bonds. The highest BCUT2D eigenvalue weighted by molar-refractivity contribution is 5.92. The maximum atomic E-state index is 13.5. The zero-order chi connectivity index (χ0) is 30.9. The molecule has 5 heterocycles. The van der Waals surface area contributed by atoms with E-state index in [4.69, 9.17) is 15.2 Å². The van der Waals surface area contributed by atoms with Crippen molar-refractivity contribution in [2.45, 2.75) is 49.5 Å². The van der Waals surface area contributed by atoms with Crippen molar-refractivity contribution in [2.75, 3.05) is 39.9 Å². The van der Waals surface area contributed by atoms with E-state index in [2.05, 4.69) is 40.2 Å². The minimum atomic E-state index is -4.83. The minimum absolute atomic E-state index is 0.128. The molecule has 0 bridgehead atoms. The number of methoxy groups -OCH3 is 1. The number of ether oxygens (including phenoxy) is 2. The number of nitrogens with one attached hydrogen (secondary N) is 2. The van der Waals surface area contributed by atoms with E-state index >= 15 is 0 Å². The Morgan fingerprint density at radius 3 is 2.73 bits per heavy atom. The number of carbonyl (C=O) groups excluding carboxylic acids is 1. The number of nitrogens with two attached hydrogens (primary N) is 1. The summed E-state index contributed by atoms with van der Waals surface area (Å²) in [6.07, 6.45) is 4.81. The molecular formula is C28H33F3N10O3. The third-order valence-corrected chi connectivity index (χ3v) is 8.30. The van der Waals surface area contributed by atoms with Crippen molar-refractivity contribution >= 4 is 16.9 Å². The molecule has 6 rings (SSSR count). The van der Waals surface area contributed by atoms with Crippen LogP contribution in [-0.4, -0.2) is 97.5 Å². The Balaban J connectivity index is 1.07. The molecule has 0 radical (unpaired) electrons. The van der Waals surface area contributed by atoms with Crippen molar-refractivity contribution < 1.29 is 27.4 Å². The monoisotopic (exact) mass is 614 g/mol. The zero-order valence-corrected chi connectivity index (χ0v) is 24.0. The lowest BCUT2D eigenvalue weighted by Crippen LogP contribution is -2.68. The quantitative estimate of drug-likeness (QED) is 0.226. The van der Waals surface area contributed by atoms with Gasteiger partial charge in [0.1, 0.15) is 29.3 Å². The molecule has 4 aromatic rings. The van der Waals surface area contributed by atoms with Crippen LogP contribution in [0.25, 0.3) is 22.3 Å². The molecule has 1 saturated carbocycles. The molecule has 2 aliphatic rings. The molecule has 0 unspecified atom stereocenters. The Morgan fingerprint density at radius 1 is 1.20 bits per heavy atom. The second-order valence-corrected chi connectivity index (χ2v) is 11.2. The molecule has 1 saturated heterocycles. The fourth-order valence-electron chi connectivity index (χ4n) is 5.93. The molecule has 1 aliphatic heterocycles. The summed E-state index contributed by atoms with van der Waals surface area (Å²) in [6, 6.07) is 3.37. The van der Waals surface area contributed by atoms with E-state index in [1.54, 1.807) is 6.20 Å². The summed E-state index contributed by atoms with van der Waals surface area (Å²) >= 11 is 0. The summed E-state index contributed by atoms with van der Waals surface area (Å²) in [7, 11) is 1.45. The number of nitrogens with zero attached hydrogens (tertiary/aromatic N) is 7. The number of hydrogen-bond acceptors (Lipinski definition) is 10. The first kappa shape index (κ1) is 29.9. The van der Waals surface area contributed by atoms with Gasteiger partial charge in [0, 0.05) is 68.7 Å². The lowest BCUT2D eigenvalue weighted by atomic mass is 9.83. The van der Waals surface area contributed by atoms with Crippen molar-refractivity contribution in [2.24, 2.45) is 5.73 Å². The number of halogens is 3. The Hall–Kier alpha value is -4.15. The van der Waals surface area contributed by atoms with E-state index in [9.17, 15) is 18.0 Å². The third kappa shape index (κ3) is 5.96. The minimum Gasteiger partial charge on any atom is -0.474 e. The number of H-pyrrole nitrogens is 1. The zero-order valence-electron chi connectivity index (χ0n) is 24.0. The molecule has 0 aromatic carbocycles. The molecule has 0 spiro atoms. The smallest absolute Gasteiger partial charge is 0.451 e. The second-order valence-electron chi connectivity index (χ2n) is 11.2. The van der Waals surface area contributed by atoms with Gasteiger partial charge in [-0.25, -0.2) is 15.0 Å². The SMILES string of the molecule is COCCNC(=O)c1cc(OC2CCC(N3CC(CN)(n4cc(-c5ncnc6[nH]ccc56)cn4)C3)CC2)nc(C(F)(F)F)n1. The Morgan fingerprint density at radius 2 is 2.00 bits per heavy atom. The molecule has 0 atom stereocenters. The summed E-state index contributed by atoms with van der Waals surface area (Å²) in [5, 5.41) is 8.04. The van der Waals surface area contributed by atoms with Gasteiger partial charge in [0.15, 0.2) is 0 Å². The van der Waals surface area contributed by atoms with Crippen molar-refractivity contribution in [1.29, 1.82) is 0 Å². The van der Waals surface area contributed by atoms with Gasteiger partial charge in [-0.3, -0.25) is 14.4 Å². The van der Waals surface area contributed by atoms with Crippen LogP contribution < -0.4 is 15.8 Å². The number of rotatable bonds is 10. The molecule has 4 aromatic heterocycles. The Kier molecular flexibility index (Phi) is 8.22. The maximum absolute atomic E-state index is 13.5. The van der Waals surface area contributed by atoms with E-state index in [0.717, 1.165) is 54.3 Å². The van der Waals surface area contributed by atoms with Gasteiger partial charge < -0.3 is 25.5 Å². The van der Waals surface area contributed by atoms with Crippen molar-refractivity contribution in [3.8, 4) is 17.1 Å². The molecule has 2 fully saturated rings. The average Bonchev–Trinajstić information content (AvgIpc) is 3.68. The normalized spacial score (nSPS) is 20.4. The highest BCUT2D eigenvalue weighted by Crippen LogP contribution is 2.37. The molecule has 234 valence electrons. The van der Waals surface area contributed by atoms with Crippen LogP contribution >= 0.6 is 0 Å². The van der Waals surface area contributed by atoms with Crippen LogP contribution in [0.5, 0.6) is 5.88 Å². The van der Waals surface area contributed by atoms with E-state index in [-0.39, 0.29) is 36.7 Å². The molecule has 16 heteroatoms. The molecule has 44 heavy (non-hydrogen) atoms. The number of hydrogen-bond donors (Lipinski definition) is 3. The first-order chi connectivity index (χ1) is 21.2. The third-order valence-electron chi connectivity index (χ3n) is 8.30. The first-order valence-electron chi connectivity index (χ1n) is 14.4. The number of likely N-dealkylation sites (tertiary alicyclic amines) is 1. The van der Waals surface area contributed by atoms with Crippen LogP contribution in [0.4, 0.5) is 13.2 Å². The van der Waals surface area contributed by atoms with E-state index in [0.29, 0.717) is 19.4 Å². The fraction of sp³-hybridized carbons (Fsp3) is 0.500. The van der Waals surface area contributed by atoms with Crippen LogP contribution in [0.2, 0.25) is 0 Å². The molecule has 1 aliphatic carbocycles. The average molecular weight is 615 g/mol. The summed E-state index contributed by atoms with van der Waals surface area (Å²) in [5.41, 5.74) is 7.96. The summed E-state index contributed by atoms with van der Waals surface area (Å²) in [5.74, 6) is -2.45. The van der Waals surface area contributed by atoms with Crippen molar-refractivity contribution in [1.82, 2.24) is 44.9 Å². The van der Waals surface area contributed by atoms with Crippen molar-refractivity contribution in [3.05, 3.63) is 48.6 Å². The Labute approximate surface area is 250 Å². The van der Waals surface area contributed by atoms with Gasteiger partial charge in [-0.2, -0.15) is 23.3 Å². The van der Waals surface area contributed by atoms with Crippen LogP contribution in [0.3, 0.4) is 0 Å². The van der Waals surface area contributed by atoms with Gasteiger partial charge in [-0.1, -0.05) is 0 Å². The van der Waals surface area contributed by atoms with Crippen LogP contribution in [-0.2, 0) is 16.5 Å². The number of fused-ring (bicyclic) bond motifs is 1. The largest absolute Gasteiger partial charge is 0.474 e. The standard InChI is InChI=1S/C28H33F3N10O3/c1-43-9-8-34-25(42)21-10-22(39-26(38-21)28(29,30)31)44-19-4-2-18(3-5-19)40-14-27(13-32,15-40)41-12-17(11-37-41)23-20-6-7-33-24(20)36-16-35-23/h6-7,10-12,16,18-19H,2-5,8-9,13-15,32H2,1H3,(H,34,42)(H,33,35,36). The predicted octanol–water partition coefficient (Wildman–Crippen LogP) is 2.37. The van der Waals surface area contributed by atoms with Gasteiger partial charge in [0.2, 0.25) is 11.7 Å². The van der Waals surface area contributed by atoms with Crippen LogP contribution in [0.1, 0.15) is 42.0 Å². The van der Waals surface area contributed by atoms with E-state index < -0.39 is 23.6 Å². The second kappa shape index (κ2) is 12.1. The van der Waals surface area contributed by atoms with Crippen LogP contribution in [0.15, 0.2) is 37.1 Å². The molecule has 4 N–H and O–H groups in total. The van der Waals surface area contributed by atoms with Crippen molar-refractivity contribution in [3.63, 3.8) is 0 Å². The Bertz CT molecular complexity index is 1610. The topological polar surface area (TPSA) is 162 Å². The van der Waals surface area contributed by atoms with Gasteiger partial charge >= 0.3 is 6.18 Å². The maximum Gasteiger partial charge on any atom is 0.451 e.